The van der Waals surface area contributed by atoms with Crippen LogP contribution >= 0.6 is 23.2 Å². The largest absolute Gasteiger partial charge is 0.444 e. The van der Waals surface area contributed by atoms with Gasteiger partial charge in [0, 0.05) is 19.8 Å². The number of urea groups is 1. The number of nitrogens with one attached hydrogen (secondary N) is 1. The predicted molar refractivity (Wildman–Crippen MR) is 69.6 cm³/mol. The van der Waals surface area contributed by atoms with Crippen molar-refractivity contribution in [2.45, 2.75) is 0 Å². The van der Waals surface area contributed by atoms with Crippen LogP contribution in [-0.2, 0) is 0 Å². The van der Waals surface area contributed by atoms with Crippen LogP contribution in [-0.4, -0.2) is 25.0 Å². The molecule has 2 amide bonds. The fourth-order valence-electron chi connectivity index (χ4n) is 0.976. The number of ether oxygens (including phenoxy) is 1. The fraction of sp³-hybridized carbons (Fsp3) is 0.182. The van der Waals surface area contributed by atoms with Crippen molar-refractivity contribution in [2.24, 2.45) is 0 Å². The first-order valence-corrected chi connectivity index (χ1v) is 5.56. The molecule has 0 heterocycles. The van der Waals surface area contributed by atoms with Crippen LogP contribution in [0.4, 0.5) is 10.5 Å². The molecule has 0 saturated heterocycles. The van der Waals surface area contributed by atoms with Gasteiger partial charge in [-0.05, 0) is 35.9 Å². The van der Waals surface area contributed by atoms with Crippen LogP contribution in [0.3, 0.4) is 0 Å². The molecule has 0 aromatic heterocycles. The summed E-state index contributed by atoms with van der Waals surface area (Å²) >= 11 is 11.0. The van der Waals surface area contributed by atoms with Crippen molar-refractivity contribution in [1.82, 2.24) is 4.90 Å². The number of carbonyl (C=O) groups is 1. The average molecular weight is 275 g/mol. The second-order valence-electron chi connectivity index (χ2n) is 3.36. The minimum Gasteiger partial charge on any atom is -0.444 e. The Morgan fingerprint density at radius 1 is 1.35 bits per heavy atom. The van der Waals surface area contributed by atoms with Gasteiger partial charge in [0.2, 0.25) is 5.22 Å². The van der Waals surface area contributed by atoms with Crippen molar-refractivity contribution in [3.8, 4) is 5.75 Å². The van der Waals surface area contributed by atoms with Crippen molar-refractivity contribution >= 4 is 34.9 Å². The first-order valence-electron chi connectivity index (χ1n) is 4.75. The molecule has 0 radical (unpaired) electrons. The van der Waals surface area contributed by atoms with Crippen LogP contribution < -0.4 is 10.1 Å². The molecule has 0 aliphatic heterocycles. The second kappa shape index (κ2) is 6.37. The Morgan fingerprint density at radius 2 is 1.94 bits per heavy atom. The SMILES string of the molecule is CN(C)C(=O)Nc1ccc(OC(Cl)=CCl)cc1. The Bertz CT molecular complexity index is 416. The molecule has 0 saturated carbocycles. The van der Waals surface area contributed by atoms with E-state index in [1.807, 2.05) is 0 Å². The number of carbonyl (C=O) groups excluding carboxylic acids is 1. The first-order chi connectivity index (χ1) is 8.02. The monoisotopic (exact) mass is 274 g/mol. The summed E-state index contributed by atoms with van der Waals surface area (Å²) in [6.45, 7) is 0. The molecule has 92 valence electrons. The summed E-state index contributed by atoms with van der Waals surface area (Å²) in [4.78, 5) is 12.8. The highest BCUT2D eigenvalue weighted by Crippen LogP contribution is 2.19. The van der Waals surface area contributed by atoms with Gasteiger partial charge in [-0.2, -0.15) is 0 Å². The Kier molecular flexibility index (Phi) is 5.12. The van der Waals surface area contributed by atoms with Gasteiger partial charge < -0.3 is 15.0 Å². The topological polar surface area (TPSA) is 41.6 Å². The van der Waals surface area contributed by atoms with Crippen LogP contribution in [0.15, 0.2) is 35.0 Å². The lowest BCUT2D eigenvalue weighted by atomic mass is 10.3. The minimum atomic E-state index is -0.197. The molecule has 0 aliphatic carbocycles. The van der Waals surface area contributed by atoms with E-state index in [0.717, 1.165) is 5.54 Å². The van der Waals surface area contributed by atoms with Crippen LogP contribution in [0.2, 0.25) is 0 Å². The molecule has 1 aromatic carbocycles. The summed E-state index contributed by atoms with van der Waals surface area (Å²) in [6.07, 6.45) is 0. The lowest BCUT2D eigenvalue weighted by Gasteiger charge is -2.12. The summed E-state index contributed by atoms with van der Waals surface area (Å²) in [5, 5.41) is 2.77. The minimum absolute atomic E-state index is 0.0803. The first kappa shape index (κ1) is 13.7. The summed E-state index contributed by atoms with van der Waals surface area (Å²) in [5.41, 5.74) is 1.80. The molecular formula is C11H12Cl2N2O2. The predicted octanol–water partition coefficient (Wildman–Crippen LogP) is 3.44. The molecule has 0 fully saturated rings. The van der Waals surface area contributed by atoms with Gasteiger partial charge in [-0.1, -0.05) is 11.6 Å². The fourth-order valence-corrected chi connectivity index (χ4v) is 1.11. The zero-order valence-corrected chi connectivity index (χ0v) is 10.9. The lowest BCUT2D eigenvalue weighted by molar-refractivity contribution is 0.230. The molecule has 0 atom stereocenters. The Hall–Kier alpha value is -1.39. The maximum atomic E-state index is 11.4. The lowest BCUT2D eigenvalue weighted by Crippen LogP contribution is -2.27. The van der Waals surface area contributed by atoms with Gasteiger partial charge in [0.15, 0.2) is 0 Å². The third-order valence-corrected chi connectivity index (χ3v) is 2.31. The normalized spacial score (nSPS) is 10.9. The number of benzene rings is 1. The maximum absolute atomic E-state index is 11.4. The third kappa shape index (κ3) is 4.54. The van der Waals surface area contributed by atoms with Crippen molar-refractivity contribution < 1.29 is 9.53 Å². The van der Waals surface area contributed by atoms with Crippen LogP contribution in [0, 0.1) is 0 Å². The van der Waals surface area contributed by atoms with Gasteiger partial charge in [-0.3, -0.25) is 0 Å². The smallest absolute Gasteiger partial charge is 0.321 e. The maximum Gasteiger partial charge on any atom is 0.321 e. The Morgan fingerprint density at radius 3 is 2.41 bits per heavy atom. The number of halogens is 2. The van der Waals surface area contributed by atoms with E-state index < -0.39 is 0 Å². The third-order valence-electron chi connectivity index (χ3n) is 1.81. The van der Waals surface area contributed by atoms with Gasteiger partial charge in [-0.15, -0.1) is 0 Å². The molecule has 17 heavy (non-hydrogen) atoms. The van der Waals surface area contributed by atoms with Crippen molar-refractivity contribution in [2.75, 3.05) is 19.4 Å². The molecule has 1 rings (SSSR count). The van der Waals surface area contributed by atoms with Crippen LogP contribution in [0.25, 0.3) is 0 Å². The quantitative estimate of drug-likeness (QED) is 0.858. The molecule has 1 aromatic rings. The van der Waals surface area contributed by atoms with E-state index in [1.165, 1.54) is 4.90 Å². The molecule has 6 heteroatoms. The molecular weight excluding hydrogens is 263 g/mol. The Labute approximate surface area is 110 Å². The highest BCUT2D eigenvalue weighted by Gasteiger charge is 2.04. The molecule has 0 bridgehead atoms. The molecule has 0 unspecified atom stereocenters. The highest BCUT2D eigenvalue weighted by atomic mass is 35.5. The molecule has 1 N–H and O–H groups in total. The molecule has 0 spiro atoms. The Balaban J connectivity index is 2.65. The van der Waals surface area contributed by atoms with Gasteiger partial charge in [0.1, 0.15) is 5.75 Å². The van der Waals surface area contributed by atoms with E-state index in [1.54, 1.807) is 38.4 Å². The zero-order chi connectivity index (χ0) is 12.8. The van der Waals surface area contributed by atoms with Crippen LogP contribution in [0.5, 0.6) is 5.75 Å². The van der Waals surface area contributed by atoms with Crippen molar-refractivity contribution in [3.63, 3.8) is 0 Å². The standard InChI is InChI=1S/C11H12Cl2N2O2/c1-15(2)11(16)14-8-3-5-9(6-4-8)17-10(13)7-12/h3-7H,1-2H3,(H,14,16). The molecule has 4 nitrogen and oxygen atoms in total. The van der Waals surface area contributed by atoms with Crippen molar-refractivity contribution in [3.05, 3.63) is 35.0 Å². The van der Waals surface area contributed by atoms with Gasteiger partial charge in [0.05, 0.1) is 5.54 Å². The van der Waals surface area contributed by atoms with E-state index >= 15 is 0 Å². The molecule has 0 aliphatic rings. The number of anilines is 1. The summed E-state index contributed by atoms with van der Waals surface area (Å²) < 4.78 is 5.14. The van der Waals surface area contributed by atoms with E-state index in [-0.39, 0.29) is 11.2 Å². The number of hydrogen-bond acceptors (Lipinski definition) is 2. The van der Waals surface area contributed by atoms with Gasteiger partial charge in [-0.25, -0.2) is 4.79 Å². The second-order valence-corrected chi connectivity index (χ2v) is 3.95. The van der Waals surface area contributed by atoms with E-state index in [9.17, 15) is 4.79 Å². The summed E-state index contributed by atoms with van der Waals surface area (Å²) in [7, 11) is 3.33. The number of amides is 2. The number of rotatable bonds is 3. The zero-order valence-electron chi connectivity index (χ0n) is 9.41. The number of nitrogens with zero attached hydrogens (tertiary/aromatic N) is 1. The highest BCUT2D eigenvalue weighted by molar-refractivity contribution is 6.35. The summed E-state index contributed by atoms with van der Waals surface area (Å²) in [6, 6.07) is 6.56. The van der Waals surface area contributed by atoms with Gasteiger partial charge >= 0.3 is 6.03 Å². The van der Waals surface area contributed by atoms with E-state index in [2.05, 4.69) is 5.32 Å². The van der Waals surface area contributed by atoms with E-state index in [0.29, 0.717) is 11.4 Å². The number of hydrogen-bond donors (Lipinski definition) is 1. The average Bonchev–Trinajstić information content (AvgIpc) is 2.31. The van der Waals surface area contributed by atoms with Crippen molar-refractivity contribution in [1.29, 1.82) is 0 Å². The van der Waals surface area contributed by atoms with E-state index in [4.69, 9.17) is 27.9 Å². The van der Waals surface area contributed by atoms with Crippen LogP contribution in [0.1, 0.15) is 0 Å². The van der Waals surface area contributed by atoms with Gasteiger partial charge in [0.25, 0.3) is 0 Å². The summed E-state index contributed by atoms with van der Waals surface area (Å²) in [5.74, 6) is 0.537.